The fourth-order valence-electron chi connectivity index (χ4n) is 1.13. The van der Waals surface area contributed by atoms with Gasteiger partial charge in [0.25, 0.3) is 0 Å². The summed E-state index contributed by atoms with van der Waals surface area (Å²) in [6, 6.07) is 5.94. The van der Waals surface area contributed by atoms with Crippen LogP contribution in [0.15, 0.2) is 24.3 Å². The first-order valence-electron chi connectivity index (χ1n) is 4.94. The van der Waals surface area contributed by atoms with Crippen molar-refractivity contribution in [2.45, 2.75) is 19.9 Å². The van der Waals surface area contributed by atoms with Crippen molar-refractivity contribution in [3.63, 3.8) is 0 Å². The van der Waals surface area contributed by atoms with Crippen LogP contribution in [0, 0.1) is 0 Å². The first kappa shape index (κ1) is 12.6. The van der Waals surface area contributed by atoms with Gasteiger partial charge in [-0.15, -0.1) is 0 Å². The molecule has 1 rings (SSSR count). The van der Waals surface area contributed by atoms with E-state index in [1.54, 1.807) is 12.1 Å². The summed E-state index contributed by atoms with van der Waals surface area (Å²) >= 11 is 11.9. The molecule has 82 valence electrons. The highest BCUT2D eigenvalue weighted by molar-refractivity contribution is 6.34. The molecule has 0 saturated carbocycles. The van der Waals surface area contributed by atoms with Crippen molar-refractivity contribution >= 4 is 29.3 Å². The zero-order valence-corrected chi connectivity index (χ0v) is 10.4. The summed E-state index contributed by atoms with van der Waals surface area (Å²) in [5.41, 5.74) is 0.953. The standard InChI is InChI=1S/C12H15Cl2N/c1-9(2)15-7-3-4-10-8-11(13)5-6-12(10)14/h3-6,8-9,15H,7H2,1-2H3/b4-3+. The molecule has 0 aromatic heterocycles. The first-order valence-corrected chi connectivity index (χ1v) is 5.70. The summed E-state index contributed by atoms with van der Waals surface area (Å²) in [4.78, 5) is 0. The van der Waals surface area contributed by atoms with E-state index < -0.39 is 0 Å². The van der Waals surface area contributed by atoms with Gasteiger partial charge >= 0.3 is 0 Å². The molecule has 0 spiro atoms. The highest BCUT2D eigenvalue weighted by atomic mass is 35.5. The highest BCUT2D eigenvalue weighted by Gasteiger charge is 1.96. The number of hydrogen-bond donors (Lipinski definition) is 1. The zero-order valence-electron chi connectivity index (χ0n) is 8.93. The lowest BCUT2D eigenvalue weighted by Crippen LogP contribution is -2.22. The summed E-state index contributed by atoms with van der Waals surface area (Å²) in [7, 11) is 0. The minimum atomic E-state index is 0.490. The Morgan fingerprint density at radius 2 is 2.07 bits per heavy atom. The molecule has 1 N–H and O–H groups in total. The molecule has 0 radical (unpaired) electrons. The fourth-order valence-corrected chi connectivity index (χ4v) is 1.49. The molecule has 0 amide bonds. The zero-order chi connectivity index (χ0) is 11.3. The van der Waals surface area contributed by atoms with Crippen molar-refractivity contribution < 1.29 is 0 Å². The van der Waals surface area contributed by atoms with Crippen molar-refractivity contribution in [3.05, 3.63) is 39.9 Å². The van der Waals surface area contributed by atoms with Crippen LogP contribution in [-0.4, -0.2) is 12.6 Å². The van der Waals surface area contributed by atoms with Gasteiger partial charge in [0, 0.05) is 22.6 Å². The summed E-state index contributed by atoms with van der Waals surface area (Å²) in [5.74, 6) is 0. The molecular weight excluding hydrogens is 229 g/mol. The quantitative estimate of drug-likeness (QED) is 0.843. The maximum absolute atomic E-state index is 6.01. The largest absolute Gasteiger partial charge is 0.311 e. The van der Waals surface area contributed by atoms with Gasteiger partial charge in [-0.2, -0.15) is 0 Å². The smallest absolute Gasteiger partial charge is 0.0479 e. The lowest BCUT2D eigenvalue weighted by Gasteiger charge is -2.04. The molecule has 0 aliphatic heterocycles. The fraction of sp³-hybridized carbons (Fsp3) is 0.333. The molecule has 0 aliphatic rings. The van der Waals surface area contributed by atoms with Crippen LogP contribution in [0.4, 0.5) is 0 Å². The van der Waals surface area contributed by atoms with Gasteiger partial charge in [0.2, 0.25) is 0 Å². The van der Waals surface area contributed by atoms with Crippen LogP contribution in [0.2, 0.25) is 10.0 Å². The van der Waals surface area contributed by atoms with E-state index in [4.69, 9.17) is 23.2 Å². The van der Waals surface area contributed by atoms with Gasteiger partial charge < -0.3 is 5.32 Å². The van der Waals surface area contributed by atoms with Crippen LogP contribution in [0.3, 0.4) is 0 Å². The normalized spacial score (nSPS) is 11.5. The van der Waals surface area contributed by atoms with Crippen molar-refractivity contribution in [2.75, 3.05) is 6.54 Å². The Bertz CT molecular complexity index is 345. The number of benzene rings is 1. The van der Waals surface area contributed by atoms with Crippen molar-refractivity contribution in [3.8, 4) is 0 Å². The molecule has 3 heteroatoms. The van der Waals surface area contributed by atoms with E-state index in [-0.39, 0.29) is 0 Å². The molecule has 0 heterocycles. The molecule has 0 unspecified atom stereocenters. The molecule has 1 nitrogen and oxygen atoms in total. The second-order valence-electron chi connectivity index (χ2n) is 3.63. The van der Waals surface area contributed by atoms with Crippen LogP contribution in [0.1, 0.15) is 19.4 Å². The van der Waals surface area contributed by atoms with E-state index in [0.29, 0.717) is 11.1 Å². The Hall–Kier alpha value is -0.500. The van der Waals surface area contributed by atoms with Gasteiger partial charge in [0.1, 0.15) is 0 Å². The Kier molecular flexibility index (Phi) is 5.16. The average molecular weight is 244 g/mol. The van der Waals surface area contributed by atoms with Crippen LogP contribution < -0.4 is 5.32 Å². The Morgan fingerprint density at radius 1 is 1.33 bits per heavy atom. The Balaban J connectivity index is 2.59. The minimum Gasteiger partial charge on any atom is -0.311 e. The predicted octanol–water partition coefficient (Wildman–Crippen LogP) is 4.00. The monoisotopic (exact) mass is 243 g/mol. The van der Waals surface area contributed by atoms with Gasteiger partial charge in [-0.1, -0.05) is 49.2 Å². The summed E-state index contributed by atoms with van der Waals surface area (Å²) in [6.45, 7) is 5.06. The van der Waals surface area contributed by atoms with Crippen LogP contribution >= 0.6 is 23.2 Å². The Labute approximate surface area is 101 Å². The Morgan fingerprint density at radius 3 is 2.73 bits per heavy atom. The number of hydrogen-bond acceptors (Lipinski definition) is 1. The van der Waals surface area contributed by atoms with E-state index in [9.17, 15) is 0 Å². The average Bonchev–Trinajstić information content (AvgIpc) is 2.17. The second kappa shape index (κ2) is 6.16. The van der Waals surface area contributed by atoms with E-state index in [0.717, 1.165) is 17.1 Å². The van der Waals surface area contributed by atoms with Gasteiger partial charge in [0.05, 0.1) is 0 Å². The molecule has 0 atom stereocenters. The van der Waals surface area contributed by atoms with Crippen LogP contribution in [0.5, 0.6) is 0 Å². The molecule has 1 aromatic carbocycles. The minimum absolute atomic E-state index is 0.490. The summed E-state index contributed by atoms with van der Waals surface area (Å²) in [6.07, 6.45) is 4.02. The maximum atomic E-state index is 6.01. The molecule has 1 aromatic rings. The highest BCUT2D eigenvalue weighted by Crippen LogP contribution is 2.21. The second-order valence-corrected chi connectivity index (χ2v) is 4.47. The van der Waals surface area contributed by atoms with Gasteiger partial charge in [-0.25, -0.2) is 0 Å². The lowest BCUT2D eigenvalue weighted by molar-refractivity contribution is 0.633. The summed E-state index contributed by atoms with van der Waals surface area (Å²) in [5, 5.41) is 4.71. The molecule has 0 bridgehead atoms. The third kappa shape index (κ3) is 4.70. The lowest BCUT2D eigenvalue weighted by atomic mass is 10.2. The molecule has 0 fully saturated rings. The van der Waals surface area contributed by atoms with E-state index in [1.165, 1.54) is 0 Å². The van der Waals surface area contributed by atoms with Crippen LogP contribution in [-0.2, 0) is 0 Å². The summed E-state index contributed by atoms with van der Waals surface area (Å²) < 4.78 is 0. The number of nitrogens with one attached hydrogen (secondary N) is 1. The third-order valence-electron chi connectivity index (χ3n) is 1.90. The van der Waals surface area contributed by atoms with Crippen molar-refractivity contribution in [1.82, 2.24) is 5.32 Å². The van der Waals surface area contributed by atoms with E-state index in [1.807, 2.05) is 18.2 Å². The van der Waals surface area contributed by atoms with E-state index >= 15 is 0 Å². The van der Waals surface area contributed by atoms with Gasteiger partial charge in [-0.3, -0.25) is 0 Å². The number of halogens is 2. The topological polar surface area (TPSA) is 12.0 Å². The molecule has 15 heavy (non-hydrogen) atoms. The predicted molar refractivity (Wildman–Crippen MR) is 68.6 cm³/mol. The van der Waals surface area contributed by atoms with Gasteiger partial charge in [0.15, 0.2) is 0 Å². The van der Waals surface area contributed by atoms with Crippen molar-refractivity contribution in [2.24, 2.45) is 0 Å². The first-order chi connectivity index (χ1) is 7.09. The van der Waals surface area contributed by atoms with E-state index in [2.05, 4.69) is 19.2 Å². The molecular formula is C12H15Cl2N. The van der Waals surface area contributed by atoms with Gasteiger partial charge in [-0.05, 0) is 23.8 Å². The number of rotatable bonds is 4. The third-order valence-corrected chi connectivity index (χ3v) is 2.48. The molecule has 0 saturated heterocycles. The SMILES string of the molecule is CC(C)NC/C=C/c1cc(Cl)ccc1Cl. The van der Waals surface area contributed by atoms with Crippen molar-refractivity contribution in [1.29, 1.82) is 0 Å². The molecule has 0 aliphatic carbocycles. The van der Waals surface area contributed by atoms with Crippen LogP contribution in [0.25, 0.3) is 6.08 Å². The maximum Gasteiger partial charge on any atom is 0.0479 e.